The summed E-state index contributed by atoms with van der Waals surface area (Å²) in [4.78, 5) is 11.4. The van der Waals surface area contributed by atoms with Crippen molar-refractivity contribution in [2.45, 2.75) is 90.9 Å². The molecule has 0 bridgehead atoms. The summed E-state index contributed by atoms with van der Waals surface area (Å²) in [5.41, 5.74) is 0. The van der Waals surface area contributed by atoms with Gasteiger partial charge in [0.2, 0.25) is 0 Å². The highest BCUT2D eigenvalue weighted by molar-refractivity contribution is 8.23. The first-order valence-electron chi connectivity index (χ1n) is 9.31. The number of nitrogens with one attached hydrogen (secondary N) is 1. The molecule has 0 atom stereocenters. The van der Waals surface area contributed by atoms with Crippen molar-refractivity contribution in [2.75, 3.05) is 12.4 Å². The third-order valence-corrected chi connectivity index (χ3v) is 4.98. The summed E-state index contributed by atoms with van der Waals surface area (Å²) in [5, 5.41) is 2.61. The van der Waals surface area contributed by atoms with Crippen LogP contribution in [-0.4, -0.2) is 22.8 Å². The number of amides is 1. The maximum atomic E-state index is 11.4. The summed E-state index contributed by atoms with van der Waals surface area (Å²) >= 11 is 6.67. The van der Waals surface area contributed by atoms with Crippen LogP contribution in [0.5, 0.6) is 0 Å². The van der Waals surface area contributed by atoms with Gasteiger partial charge in [0.25, 0.3) is 0 Å². The average Bonchev–Trinajstić information content (AvgIpc) is 2.52. The first-order chi connectivity index (χ1) is 11.2. The number of thioether (sulfide) groups is 1. The second kappa shape index (κ2) is 18.1. The van der Waals surface area contributed by atoms with Crippen molar-refractivity contribution in [1.82, 2.24) is 5.32 Å². The maximum Gasteiger partial charge on any atom is 0.412 e. The predicted molar refractivity (Wildman–Crippen MR) is 106 cm³/mol. The molecule has 0 rings (SSSR count). The summed E-state index contributed by atoms with van der Waals surface area (Å²) in [6.45, 7) is 4.79. The molecule has 0 aromatic rings. The van der Waals surface area contributed by atoms with Crippen molar-refractivity contribution in [1.29, 1.82) is 0 Å². The number of rotatable bonds is 14. The predicted octanol–water partition coefficient (Wildman–Crippen LogP) is 6.45. The highest BCUT2D eigenvalue weighted by atomic mass is 32.2. The summed E-state index contributed by atoms with van der Waals surface area (Å²) in [6, 6.07) is 0. The Morgan fingerprint density at radius 3 is 1.96 bits per heavy atom. The largest absolute Gasteiger partial charge is 0.449 e. The Balaban J connectivity index is 3.27. The number of ether oxygens (including phenoxy) is 1. The first kappa shape index (κ1) is 22.7. The van der Waals surface area contributed by atoms with Crippen LogP contribution in [0.15, 0.2) is 0 Å². The molecule has 0 aliphatic rings. The molecule has 0 radical (unpaired) electrons. The lowest BCUT2D eigenvalue weighted by Crippen LogP contribution is -2.28. The Kier molecular flexibility index (Phi) is 17.8. The first-order valence-corrected chi connectivity index (χ1v) is 10.7. The Morgan fingerprint density at radius 1 is 0.870 bits per heavy atom. The molecule has 23 heavy (non-hydrogen) atoms. The van der Waals surface area contributed by atoms with E-state index < -0.39 is 6.09 Å². The Hall–Kier alpha value is -0.290. The van der Waals surface area contributed by atoms with Crippen LogP contribution in [0, 0.1) is 0 Å². The molecule has 0 saturated carbocycles. The van der Waals surface area contributed by atoms with E-state index in [9.17, 15) is 4.79 Å². The van der Waals surface area contributed by atoms with Gasteiger partial charge in [-0.15, -0.1) is 0 Å². The smallest absolute Gasteiger partial charge is 0.412 e. The normalized spacial score (nSPS) is 10.5. The Labute approximate surface area is 152 Å². The second-order valence-electron chi connectivity index (χ2n) is 5.93. The molecule has 3 nitrogen and oxygen atoms in total. The van der Waals surface area contributed by atoms with E-state index in [0.717, 1.165) is 25.0 Å². The Bertz CT molecular complexity index is 299. The van der Waals surface area contributed by atoms with Gasteiger partial charge in [0.1, 0.15) is 4.32 Å². The molecule has 0 aliphatic heterocycles. The van der Waals surface area contributed by atoms with Gasteiger partial charge in [-0.05, 0) is 12.8 Å². The molecule has 0 fully saturated rings. The molecule has 1 amide bonds. The highest BCUT2D eigenvalue weighted by Gasteiger charge is 2.05. The molecule has 0 aromatic heterocycles. The highest BCUT2D eigenvalue weighted by Crippen LogP contribution is 2.12. The van der Waals surface area contributed by atoms with E-state index in [2.05, 4.69) is 19.2 Å². The standard InChI is InChI=1S/C18H35NO2S2/c1-3-5-7-8-9-10-11-12-13-14-16-23-18(22)19-17(20)21-15-6-4-2/h3-16H2,1-2H3,(H,19,20,22). The molecule has 0 saturated heterocycles. The molecule has 136 valence electrons. The Morgan fingerprint density at radius 2 is 1.39 bits per heavy atom. The molecule has 5 heteroatoms. The van der Waals surface area contributed by atoms with Crippen molar-refractivity contribution >= 4 is 34.4 Å². The molecular weight excluding hydrogens is 326 g/mol. The number of alkyl carbamates (subject to hydrolysis) is 1. The zero-order valence-electron chi connectivity index (χ0n) is 15.0. The lowest BCUT2D eigenvalue weighted by molar-refractivity contribution is 0.150. The SMILES string of the molecule is CCCCCCCCCCCCSC(=S)NC(=O)OCCCC. The van der Waals surface area contributed by atoms with E-state index >= 15 is 0 Å². The second-order valence-corrected chi connectivity index (χ2v) is 7.70. The van der Waals surface area contributed by atoms with Gasteiger partial charge in [0.05, 0.1) is 6.61 Å². The third kappa shape index (κ3) is 17.9. The molecule has 1 N–H and O–H groups in total. The lowest BCUT2D eigenvalue weighted by Gasteiger charge is -2.07. The van der Waals surface area contributed by atoms with Crippen LogP contribution >= 0.6 is 24.0 Å². The minimum atomic E-state index is -0.418. The van der Waals surface area contributed by atoms with Crippen LogP contribution in [0.3, 0.4) is 0 Å². The van der Waals surface area contributed by atoms with Crippen molar-refractivity contribution in [3.8, 4) is 0 Å². The molecule has 0 aromatic carbocycles. The van der Waals surface area contributed by atoms with Crippen molar-refractivity contribution in [3.63, 3.8) is 0 Å². The van der Waals surface area contributed by atoms with Crippen LogP contribution in [-0.2, 0) is 4.74 Å². The van der Waals surface area contributed by atoms with Crippen LogP contribution in [0.2, 0.25) is 0 Å². The number of hydrogen-bond acceptors (Lipinski definition) is 4. The minimum Gasteiger partial charge on any atom is -0.449 e. The molecule has 0 unspecified atom stereocenters. The summed E-state index contributed by atoms with van der Waals surface area (Å²) in [7, 11) is 0. The van der Waals surface area contributed by atoms with Crippen LogP contribution in [0.25, 0.3) is 0 Å². The van der Waals surface area contributed by atoms with Gasteiger partial charge in [-0.3, -0.25) is 5.32 Å². The fraction of sp³-hybridized carbons (Fsp3) is 0.889. The zero-order chi connectivity index (χ0) is 17.2. The van der Waals surface area contributed by atoms with E-state index in [0.29, 0.717) is 10.9 Å². The van der Waals surface area contributed by atoms with E-state index in [1.54, 1.807) is 11.8 Å². The van der Waals surface area contributed by atoms with Gasteiger partial charge < -0.3 is 4.74 Å². The van der Waals surface area contributed by atoms with Crippen LogP contribution in [0.1, 0.15) is 90.9 Å². The molecule has 0 aliphatic carbocycles. The summed E-state index contributed by atoms with van der Waals surface area (Å²) in [6.07, 6.45) is 14.9. The maximum absolute atomic E-state index is 11.4. The molecule has 0 heterocycles. The lowest BCUT2D eigenvalue weighted by atomic mass is 10.1. The number of thiocarbonyl (C=S) groups is 1. The number of unbranched alkanes of at least 4 members (excludes halogenated alkanes) is 10. The van der Waals surface area contributed by atoms with Crippen LogP contribution in [0.4, 0.5) is 4.79 Å². The molecular formula is C18H35NO2S2. The van der Waals surface area contributed by atoms with E-state index in [1.165, 1.54) is 57.8 Å². The fourth-order valence-electron chi connectivity index (χ4n) is 2.22. The zero-order valence-corrected chi connectivity index (χ0v) is 16.7. The van der Waals surface area contributed by atoms with E-state index in [-0.39, 0.29) is 0 Å². The molecule has 0 spiro atoms. The number of carbonyl (C=O) groups excluding carboxylic acids is 1. The quantitative estimate of drug-likeness (QED) is 0.285. The monoisotopic (exact) mass is 361 g/mol. The van der Waals surface area contributed by atoms with Gasteiger partial charge in [-0.2, -0.15) is 0 Å². The van der Waals surface area contributed by atoms with Crippen LogP contribution < -0.4 is 5.32 Å². The van der Waals surface area contributed by atoms with Gasteiger partial charge in [-0.1, -0.05) is 102 Å². The van der Waals surface area contributed by atoms with Gasteiger partial charge >= 0.3 is 6.09 Å². The van der Waals surface area contributed by atoms with Gasteiger partial charge in [0, 0.05) is 5.75 Å². The van der Waals surface area contributed by atoms with Crippen molar-refractivity contribution < 1.29 is 9.53 Å². The fourth-order valence-corrected chi connectivity index (χ4v) is 3.24. The van der Waals surface area contributed by atoms with E-state index in [4.69, 9.17) is 17.0 Å². The number of hydrogen-bond donors (Lipinski definition) is 1. The summed E-state index contributed by atoms with van der Waals surface area (Å²) in [5.74, 6) is 0.977. The van der Waals surface area contributed by atoms with Gasteiger partial charge in [0.15, 0.2) is 0 Å². The average molecular weight is 362 g/mol. The third-order valence-electron chi connectivity index (χ3n) is 3.67. The van der Waals surface area contributed by atoms with Crippen molar-refractivity contribution in [3.05, 3.63) is 0 Å². The topological polar surface area (TPSA) is 38.3 Å². The summed E-state index contributed by atoms with van der Waals surface area (Å²) < 4.78 is 5.54. The van der Waals surface area contributed by atoms with E-state index in [1.807, 2.05) is 0 Å². The van der Waals surface area contributed by atoms with Crippen molar-refractivity contribution in [2.24, 2.45) is 0 Å². The van der Waals surface area contributed by atoms with Gasteiger partial charge in [-0.25, -0.2) is 4.79 Å². The number of carbonyl (C=O) groups is 1. The minimum absolute atomic E-state index is 0.418.